The molecule has 136 valence electrons. The zero-order chi connectivity index (χ0) is 19.0. The first-order valence-electron chi connectivity index (χ1n) is 8.87. The molecule has 2 aromatic heterocycles. The number of rotatable bonds is 5. The number of benzene rings is 2. The molecule has 0 aliphatic rings. The zero-order valence-corrected chi connectivity index (χ0v) is 16.3. The normalized spacial score (nSPS) is 11.1. The van der Waals surface area contributed by atoms with Crippen molar-refractivity contribution in [2.24, 2.45) is 0 Å². The molecule has 0 aliphatic carbocycles. The van der Waals surface area contributed by atoms with Crippen LogP contribution in [0.5, 0.6) is 5.75 Å². The Balaban J connectivity index is 1.96. The molecular formula is C22H20N2O2S. The van der Waals surface area contributed by atoms with Crippen molar-refractivity contribution in [3.05, 3.63) is 64.7 Å². The molecule has 0 radical (unpaired) electrons. The summed E-state index contributed by atoms with van der Waals surface area (Å²) in [6.07, 6.45) is 1.80. The molecule has 4 nitrogen and oxygen atoms in total. The maximum Gasteiger partial charge on any atom is 0.195 e. The largest absolute Gasteiger partial charge is 0.497 e. The average molecular weight is 376 g/mol. The number of nitrogens with zero attached hydrogens (tertiary/aromatic N) is 2. The molecule has 0 N–H and O–H groups in total. The van der Waals surface area contributed by atoms with Gasteiger partial charge in [0.2, 0.25) is 0 Å². The minimum absolute atomic E-state index is 0.585. The fourth-order valence-corrected chi connectivity index (χ4v) is 4.38. The number of methoxy groups -OCH3 is 1. The van der Waals surface area contributed by atoms with E-state index in [9.17, 15) is 4.79 Å². The zero-order valence-electron chi connectivity index (χ0n) is 15.5. The second-order valence-electron chi connectivity index (χ2n) is 6.40. The van der Waals surface area contributed by atoms with Gasteiger partial charge < -0.3 is 4.74 Å². The minimum atomic E-state index is 0.585. The van der Waals surface area contributed by atoms with Gasteiger partial charge in [-0.3, -0.25) is 9.20 Å². The first-order chi connectivity index (χ1) is 13.2. The van der Waals surface area contributed by atoms with Gasteiger partial charge in [-0.2, -0.15) is 0 Å². The summed E-state index contributed by atoms with van der Waals surface area (Å²) in [7, 11) is 1.64. The van der Waals surface area contributed by atoms with Gasteiger partial charge in [0, 0.05) is 10.4 Å². The van der Waals surface area contributed by atoms with Crippen LogP contribution < -0.4 is 4.74 Å². The van der Waals surface area contributed by atoms with Crippen LogP contribution in [0.3, 0.4) is 0 Å². The number of ether oxygens (including phenoxy) is 1. The van der Waals surface area contributed by atoms with Crippen molar-refractivity contribution < 1.29 is 9.53 Å². The monoisotopic (exact) mass is 376 g/mol. The lowest BCUT2D eigenvalue weighted by molar-refractivity contribution is 0.111. The fourth-order valence-electron chi connectivity index (χ4n) is 3.29. The number of imidazole rings is 1. The number of carbonyl (C=O) groups is 1. The standard InChI is InChI=1S/C22H20N2O2S/c1-4-19-21(16-7-5-14(2)6-8-16)24-18(13-25)20(23-22(24)27-19)15-9-11-17(26-3)12-10-15/h5-13H,4H2,1-3H3. The van der Waals surface area contributed by atoms with E-state index >= 15 is 0 Å². The van der Waals surface area contributed by atoms with Crippen molar-refractivity contribution in [3.8, 4) is 28.3 Å². The number of aldehydes is 1. The van der Waals surface area contributed by atoms with Crippen molar-refractivity contribution in [2.45, 2.75) is 20.3 Å². The van der Waals surface area contributed by atoms with Gasteiger partial charge >= 0.3 is 0 Å². The van der Waals surface area contributed by atoms with Crippen LogP contribution in [0.25, 0.3) is 27.5 Å². The van der Waals surface area contributed by atoms with Gasteiger partial charge in [-0.05, 0) is 43.2 Å². The number of aromatic nitrogens is 2. The van der Waals surface area contributed by atoms with Crippen LogP contribution in [-0.2, 0) is 6.42 Å². The molecule has 0 unspecified atom stereocenters. The molecule has 4 rings (SSSR count). The summed E-state index contributed by atoms with van der Waals surface area (Å²) in [4.78, 5) is 18.9. The minimum Gasteiger partial charge on any atom is -0.497 e. The molecule has 4 aromatic rings. The third-order valence-electron chi connectivity index (χ3n) is 4.71. The molecule has 5 heteroatoms. The molecule has 2 aromatic carbocycles. The third kappa shape index (κ3) is 2.94. The predicted molar refractivity (Wildman–Crippen MR) is 110 cm³/mol. The Morgan fingerprint density at radius 2 is 1.74 bits per heavy atom. The summed E-state index contributed by atoms with van der Waals surface area (Å²) < 4.78 is 7.23. The van der Waals surface area contributed by atoms with Crippen molar-refractivity contribution in [2.75, 3.05) is 7.11 Å². The number of thiazole rings is 1. The van der Waals surface area contributed by atoms with E-state index in [1.807, 2.05) is 28.7 Å². The van der Waals surface area contributed by atoms with Gasteiger partial charge in [0.15, 0.2) is 11.2 Å². The van der Waals surface area contributed by atoms with Crippen LogP contribution in [0.15, 0.2) is 48.5 Å². The molecule has 0 fully saturated rings. The second kappa shape index (κ2) is 7.00. The van der Waals surface area contributed by atoms with Gasteiger partial charge in [-0.25, -0.2) is 4.98 Å². The summed E-state index contributed by atoms with van der Waals surface area (Å²) in [5, 5.41) is 0. The van der Waals surface area contributed by atoms with E-state index in [0.717, 1.165) is 40.2 Å². The summed E-state index contributed by atoms with van der Waals surface area (Å²) in [6.45, 7) is 4.21. The maximum absolute atomic E-state index is 12.1. The Bertz CT molecular complexity index is 1110. The molecule has 27 heavy (non-hydrogen) atoms. The second-order valence-corrected chi connectivity index (χ2v) is 7.47. The molecule has 0 spiro atoms. The highest BCUT2D eigenvalue weighted by atomic mass is 32.1. The Morgan fingerprint density at radius 3 is 2.33 bits per heavy atom. The van der Waals surface area contributed by atoms with Gasteiger partial charge in [-0.15, -0.1) is 11.3 Å². The van der Waals surface area contributed by atoms with Crippen LogP contribution >= 0.6 is 11.3 Å². The van der Waals surface area contributed by atoms with Crippen LogP contribution in [0.2, 0.25) is 0 Å². The predicted octanol–water partition coefficient (Wildman–Crippen LogP) is 5.42. The first-order valence-corrected chi connectivity index (χ1v) is 9.68. The van der Waals surface area contributed by atoms with E-state index in [2.05, 4.69) is 38.1 Å². The van der Waals surface area contributed by atoms with Crippen LogP contribution in [-0.4, -0.2) is 22.8 Å². The smallest absolute Gasteiger partial charge is 0.195 e. The fraction of sp³-hybridized carbons (Fsp3) is 0.182. The van der Waals surface area contributed by atoms with Crippen molar-refractivity contribution in [1.29, 1.82) is 0 Å². The Kier molecular flexibility index (Phi) is 4.54. The summed E-state index contributed by atoms with van der Waals surface area (Å²) in [5.74, 6) is 0.779. The maximum atomic E-state index is 12.1. The van der Waals surface area contributed by atoms with E-state index < -0.39 is 0 Å². The van der Waals surface area contributed by atoms with Crippen LogP contribution in [0.1, 0.15) is 27.9 Å². The third-order valence-corrected chi connectivity index (χ3v) is 5.89. The Labute approximate surface area is 162 Å². The number of hydrogen-bond acceptors (Lipinski definition) is 4. The summed E-state index contributed by atoms with van der Waals surface area (Å²) >= 11 is 1.64. The number of aryl methyl sites for hydroxylation is 2. The van der Waals surface area contributed by atoms with Gasteiger partial charge in [0.1, 0.15) is 17.1 Å². The highest BCUT2D eigenvalue weighted by Gasteiger charge is 2.21. The topological polar surface area (TPSA) is 43.6 Å². The Hall–Kier alpha value is -2.92. The van der Waals surface area contributed by atoms with E-state index in [0.29, 0.717) is 11.4 Å². The summed E-state index contributed by atoms with van der Waals surface area (Å²) in [5.41, 5.74) is 5.57. The first kappa shape index (κ1) is 17.5. The van der Waals surface area contributed by atoms with Crippen molar-refractivity contribution in [3.63, 3.8) is 0 Å². The number of fused-ring (bicyclic) bond motifs is 1. The number of hydrogen-bond donors (Lipinski definition) is 0. The summed E-state index contributed by atoms with van der Waals surface area (Å²) in [6, 6.07) is 16.1. The lowest BCUT2D eigenvalue weighted by Crippen LogP contribution is -1.96. The number of carbonyl (C=O) groups excluding carboxylic acids is 1. The molecule has 0 aliphatic heterocycles. The van der Waals surface area contributed by atoms with Crippen LogP contribution in [0, 0.1) is 6.92 Å². The van der Waals surface area contributed by atoms with E-state index in [1.54, 1.807) is 18.4 Å². The van der Waals surface area contributed by atoms with E-state index in [1.165, 1.54) is 10.4 Å². The van der Waals surface area contributed by atoms with Gasteiger partial charge in [-0.1, -0.05) is 36.8 Å². The molecule has 0 saturated heterocycles. The molecule has 2 heterocycles. The SMILES string of the molecule is CCc1sc2nc(-c3ccc(OC)cc3)c(C=O)n2c1-c1ccc(C)cc1. The lowest BCUT2D eigenvalue weighted by atomic mass is 10.1. The quantitative estimate of drug-likeness (QED) is 0.437. The van der Waals surface area contributed by atoms with Gasteiger partial charge in [0.05, 0.1) is 12.8 Å². The van der Waals surface area contributed by atoms with Gasteiger partial charge in [0.25, 0.3) is 0 Å². The molecule has 0 bridgehead atoms. The Morgan fingerprint density at radius 1 is 1.07 bits per heavy atom. The average Bonchev–Trinajstić information content (AvgIpc) is 3.24. The lowest BCUT2D eigenvalue weighted by Gasteiger charge is -2.07. The molecule has 0 saturated carbocycles. The highest BCUT2D eigenvalue weighted by molar-refractivity contribution is 7.17. The van der Waals surface area contributed by atoms with Crippen molar-refractivity contribution in [1.82, 2.24) is 9.38 Å². The van der Waals surface area contributed by atoms with E-state index in [4.69, 9.17) is 9.72 Å². The highest BCUT2D eigenvalue weighted by Crippen LogP contribution is 2.36. The van der Waals surface area contributed by atoms with Crippen molar-refractivity contribution >= 4 is 22.6 Å². The van der Waals surface area contributed by atoms with E-state index in [-0.39, 0.29) is 0 Å². The molecule has 0 amide bonds. The van der Waals surface area contributed by atoms with Crippen LogP contribution in [0.4, 0.5) is 0 Å². The molecular weight excluding hydrogens is 356 g/mol. The molecule has 0 atom stereocenters.